The topological polar surface area (TPSA) is 69.7 Å². The van der Waals surface area contributed by atoms with Crippen molar-refractivity contribution in [2.45, 2.75) is 57.3 Å². The molecule has 2 fully saturated rings. The second-order valence-electron chi connectivity index (χ2n) is 9.89. The van der Waals surface area contributed by atoms with Crippen molar-refractivity contribution < 1.29 is 14.4 Å². The van der Waals surface area contributed by atoms with Crippen LogP contribution in [0.4, 0.5) is 5.69 Å². The fourth-order valence-electron chi connectivity index (χ4n) is 6.16. The van der Waals surface area contributed by atoms with Gasteiger partial charge in [-0.3, -0.25) is 19.3 Å². The van der Waals surface area contributed by atoms with E-state index in [1.165, 1.54) is 6.92 Å². The molecule has 0 spiro atoms. The lowest BCUT2D eigenvalue weighted by Crippen LogP contribution is -2.66. The van der Waals surface area contributed by atoms with Crippen molar-refractivity contribution in [3.8, 4) is 0 Å². The standard InChI is InChI=1S/C27H29N3O3/c1-5-26(3,4)27-16-22-23(32)28-20(15-18-11-7-6-8-12-18)24(33)30(22)25(27)29(17(2)31)21-14-10-9-13-19(21)27/h5-14,20,22,25H,1,15-16H2,2-4H3,(H,28,32)/t20-,22-,25+,27+/m1/s1. The molecule has 0 unspecified atom stereocenters. The first-order chi connectivity index (χ1) is 15.7. The molecule has 5 rings (SSSR count). The van der Waals surface area contributed by atoms with Gasteiger partial charge >= 0.3 is 0 Å². The SMILES string of the molecule is C=CC(C)(C)[C@]12C[C@@H]3C(=O)N[C@H](Cc4ccccc4)C(=O)N3[C@@H]1N(C(C)=O)c1ccccc12. The fraction of sp³-hybridized carbons (Fsp3) is 0.370. The summed E-state index contributed by atoms with van der Waals surface area (Å²) >= 11 is 0. The maximum absolute atomic E-state index is 13.9. The molecule has 3 aliphatic heterocycles. The molecule has 6 heteroatoms. The van der Waals surface area contributed by atoms with Gasteiger partial charge in [-0.1, -0.05) is 68.5 Å². The third kappa shape index (κ3) is 2.82. The van der Waals surface area contributed by atoms with E-state index in [0.29, 0.717) is 12.8 Å². The van der Waals surface area contributed by atoms with E-state index >= 15 is 0 Å². The van der Waals surface area contributed by atoms with Crippen molar-refractivity contribution in [2.75, 3.05) is 4.90 Å². The Morgan fingerprint density at radius 1 is 1.15 bits per heavy atom. The van der Waals surface area contributed by atoms with Gasteiger partial charge in [0.05, 0.1) is 0 Å². The first-order valence-electron chi connectivity index (χ1n) is 11.4. The first-order valence-corrected chi connectivity index (χ1v) is 11.4. The Kier molecular flexibility index (Phi) is 4.74. The number of anilines is 1. The van der Waals surface area contributed by atoms with Crippen LogP contribution in [-0.2, 0) is 26.2 Å². The van der Waals surface area contributed by atoms with Crippen LogP contribution in [0.2, 0.25) is 0 Å². The molecule has 0 aliphatic carbocycles. The number of nitrogens with zero attached hydrogens (tertiary/aromatic N) is 2. The normalized spacial score (nSPS) is 28.2. The van der Waals surface area contributed by atoms with Crippen LogP contribution in [-0.4, -0.2) is 40.9 Å². The highest BCUT2D eigenvalue weighted by molar-refractivity contribution is 6.02. The number of fused-ring (bicyclic) bond motifs is 5. The quantitative estimate of drug-likeness (QED) is 0.738. The van der Waals surface area contributed by atoms with E-state index < -0.39 is 29.1 Å². The predicted molar refractivity (Wildman–Crippen MR) is 126 cm³/mol. The molecule has 6 nitrogen and oxygen atoms in total. The second kappa shape index (κ2) is 7.30. The van der Waals surface area contributed by atoms with Gasteiger partial charge < -0.3 is 10.2 Å². The molecule has 0 bridgehead atoms. The number of hydrogen-bond acceptors (Lipinski definition) is 3. The minimum absolute atomic E-state index is 0.144. The van der Waals surface area contributed by atoms with E-state index in [4.69, 9.17) is 0 Å². The van der Waals surface area contributed by atoms with Crippen LogP contribution in [0.1, 0.15) is 38.3 Å². The minimum Gasteiger partial charge on any atom is -0.342 e. The number of nitrogens with one attached hydrogen (secondary N) is 1. The van der Waals surface area contributed by atoms with Crippen molar-refractivity contribution in [2.24, 2.45) is 5.41 Å². The van der Waals surface area contributed by atoms with Gasteiger partial charge in [0.25, 0.3) is 0 Å². The van der Waals surface area contributed by atoms with Gasteiger partial charge in [-0.25, -0.2) is 0 Å². The van der Waals surface area contributed by atoms with Crippen LogP contribution >= 0.6 is 0 Å². The maximum atomic E-state index is 13.9. The summed E-state index contributed by atoms with van der Waals surface area (Å²) in [7, 11) is 0. The highest BCUT2D eigenvalue weighted by atomic mass is 16.2. The Bertz CT molecular complexity index is 1160. The number of carbonyl (C=O) groups excluding carboxylic acids is 3. The van der Waals surface area contributed by atoms with Gasteiger partial charge in [0, 0.05) is 24.4 Å². The van der Waals surface area contributed by atoms with Crippen LogP contribution in [0.5, 0.6) is 0 Å². The summed E-state index contributed by atoms with van der Waals surface area (Å²) < 4.78 is 0. The average Bonchev–Trinajstić information content (AvgIpc) is 3.30. The van der Waals surface area contributed by atoms with Crippen molar-refractivity contribution in [1.82, 2.24) is 10.2 Å². The lowest BCUT2D eigenvalue weighted by molar-refractivity contribution is -0.149. The van der Waals surface area contributed by atoms with Crippen LogP contribution in [0.3, 0.4) is 0 Å². The molecule has 2 saturated heterocycles. The lowest BCUT2D eigenvalue weighted by atomic mass is 9.60. The number of carbonyl (C=O) groups is 3. The molecular formula is C27H29N3O3. The number of hydrogen-bond donors (Lipinski definition) is 1. The average molecular weight is 444 g/mol. The van der Waals surface area contributed by atoms with Crippen LogP contribution in [0.25, 0.3) is 0 Å². The molecule has 0 radical (unpaired) electrons. The molecule has 2 aromatic rings. The molecule has 3 aliphatic rings. The van der Waals surface area contributed by atoms with E-state index in [1.54, 1.807) is 9.80 Å². The molecule has 1 N–H and O–H groups in total. The first kappa shape index (κ1) is 21.4. The highest BCUT2D eigenvalue weighted by Crippen LogP contribution is 2.62. The Morgan fingerprint density at radius 2 is 1.82 bits per heavy atom. The Balaban J connectivity index is 1.66. The number of amides is 3. The van der Waals surface area contributed by atoms with Gasteiger partial charge in [-0.2, -0.15) is 0 Å². The number of piperazine rings is 1. The number of para-hydroxylation sites is 1. The molecule has 33 heavy (non-hydrogen) atoms. The summed E-state index contributed by atoms with van der Waals surface area (Å²) in [5.41, 5.74) is 1.65. The van der Waals surface area contributed by atoms with E-state index in [2.05, 4.69) is 25.7 Å². The third-order valence-electron chi connectivity index (χ3n) is 7.90. The lowest BCUT2D eigenvalue weighted by Gasteiger charge is -2.46. The minimum atomic E-state index is -0.670. The Morgan fingerprint density at radius 3 is 2.48 bits per heavy atom. The second-order valence-corrected chi connectivity index (χ2v) is 9.89. The summed E-state index contributed by atoms with van der Waals surface area (Å²) in [6.07, 6.45) is 2.16. The summed E-state index contributed by atoms with van der Waals surface area (Å²) in [5.74, 6) is -0.451. The van der Waals surface area contributed by atoms with Crippen LogP contribution < -0.4 is 10.2 Å². The van der Waals surface area contributed by atoms with E-state index in [-0.39, 0.29) is 17.7 Å². The molecule has 3 amide bonds. The summed E-state index contributed by atoms with van der Waals surface area (Å²) in [4.78, 5) is 43.7. The smallest absolute Gasteiger partial charge is 0.247 e. The molecule has 170 valence electrons. The van der Waals surface area contributed by atoms with Crippen LogP contribution in [0, 0.1) is 5.41 Å². The number of benzene rings is 2. The summed E-state index contributed by atoms with van der Waals surface area (Å²) in [6, 6.07) is 16.2. The number of allylic oxidation sites excluding steroid dienone is 1. The van der Waals surface area contributed by atoms with E-state index in [0.717, 1.165) is 16.8 Å². The van der Waals surface area contributed by atoms with Crippen molar-refractivity contribution in [3.63, 3.8) is 0 Å². The van der Waals surface area contributed by atoms with E-state index in [9.17, 15) is 14.4 Å². The summed E-state index contributed by atoms with van der Waals surface area (Å²) in [5, 5.41) is 2.97. The largest absolute Gasteiger partial charge is 0.342 e. The van der Waals surface area contributed by atoms with Gasteiger partial charge in [0.15, 0.2) is 0 Å². The molecular weight excluding hydrogens is 414 g/mol. The van der Waals surface area contributed by atoms with Gasteiger partial charge in [0.2, 0.25) is 17.7 Å². The molecule has 3 heterocycles. The Labute approximate surface area is 194 Å². The molecule has 4 atom stereocenters. The molecule has 0 aromatic heterocycles. The van der Waals surface area contributed by atoms with Gasteiger partial charge in [0.1, 0.15) is 18.2 Å². The van der Waals surface area contributed by atoms with Crippen LogP contribution in [0.15, 0.2) is 67.3 Å². The maximum Gasteiger partial charge on any atom is 0.247 e. The summed E-state index contributed by atoms with van der Waals surface area (Å²) in [6.45, 7) is 9.78. The van der Waals surface area contributed by atoms with Gasteiger partial charge in [-0.05, 0) is 29.0 Å². The van der Waals surface area contributed by atoms with Crippen molar-refractivity contribution in [1.29, 1.82) is 0 Å². The zero-order valence-corrected chi connectivity index (χ0v) is 19.2. The zero-order chi connectivity index (χ0) is 23.5. The van der Waals surface area contributed by atoms with Crippen molar-refractivity contribution >= 4 is 23.4 Å². The monoisotopic (exact) mass is 443 g/mol. The molecule has 2 aromatic carbocycles. The predicted octanol–water partition coefficient (Wildman–Crippen LogP) is 3.17. The fourth-order valence-corrected chi connectivity index (χ4v) is 6.16. The highest BCUT2D eigenvalue weighted by Gasteiger charge is 2.69. The molecule has 0 saturated carbocycles. The number of rotatable bonds is 4. The van der Waals surface area contributed by atoms with Gasteiger partial charge in [-0.15, -0.1) is 6.58 Å². The van der Waals surface area contributed by atoms with Crippen molar-refractivity contribution in [3.05, 3.63) is 78.4 Å². The third-order valence-corrected chi connectivity index (χ3v) is 7.90. The Hall–Kier alpha value is -3.41. The zero-order valence-electron chi connectivity index (χ0n) is 19.2. The van der Waals surface area contributed by atoms with E-state index in [1.807, 2.05) is 60.7 Å².